The maximum absolute atomic E-state index is 12.5. The van der Waals surface area contributed by atoms with Gasteiger partial charge in [-0.15, -0.1) is 0 Å². The highest BCUT2D eigenvalue weighted by molar-refractivity contribution is 7.91. The van der Waals surface area contributed by atoms with E-state index in [4.69, 9.17) is 11.6 Å². The zero-order valence-corrected chi connectivity index (χ0v) is 12.5. The standard InChI is InChI=1S/C14H16ClNO3S/c15-11-3-1-2-10(8-11)14(5-6-14)13(17)16-12-4-7-20(18,19)9-12/h1-3,8,12H,4-7,9H2,(H,16,17)/t12-/m1/s1. The molecule has 108 valence electrons. The molecular weight excluding hydrogens is 298 g/mol. The highest BCUT2D eigenvalue weighted by Crippen LogP contribution is 2.49. The predicted molar refractivity (Wildman–Crippen MR) is 77.6 cm³/mol. The van der Waals surface area contributed by atoms with Crippen molar-refractivity contribution in [3.63, 3.8) is 0 Å². The first-order valence-electron chi connectivity index (χ1n) is 6.69. The molecule has 2 aliphatic rings. The van der Waals surface area contributed by atoms with Crippen molar-refractivity contribution < 1.29 is 13.2 Å². The molecule has 6 heteroatoms. The Morgan fingerprint density at radius 1 is 1.35 bits per heavy atom. The van der Waals surface area contributed by atoms with Crippen LogP contribution in [-0.4, -0.2) is 31.9 Å². The predicted octanol–water partition coefficient (Wildman–Crippen LogP) is 1.67. The molecule has 3 rings (SSSR count). The summed E-state index contributed by atoms with van der Waals surface area (Å²) in [6, 6.07) is 7.10. The number of rotatable bonds is 3. The van der Waals surface area contributed by atoms with Crippen molar-refractivity contribution in [1.29, 1.82) is 0 Å². The molecule has 1 N–H and O–H groups in total. The van der Waals surface area contributed by atoms with Gasteiger partial charge in [0.15, 0.2) is 9.84 Å². The lowest BCUT2D eigenvalue weighted by Gasteiger charge is -2.19. The third-order valence-electron chi connectivity index (χ3n) is 4.13. The minimum atomic E-state index is -2.97. The Hall–Kier alpha value is -1.07. The second-order valence-electron chi connectivity index (χ2n) is 5.67. The molecule has 0 unspecified atom stereocenters. The van der Waals surface area contributed by atoms with E-state index in [2.05, 4.69) is 5.32 Å². The van der Waals surface area contributed by atoms with Crippen LogP contribution in [-0.2, 0) is 20.0 Å². The lowest BCUT2D eigenvalue weighted by Crippen LogP contribution is -2.42. The number of halogens is 1. The Labute approximate surface area is 123 Å². The van der Waals surface area contributed by atoms with Gasteiger partial charge in [-0.05, 0) is 37.0 Å². The van der Waals surface area contributed by atoms with Crippen LogP contribution in [0.4, 0.5) is 0 Å². The zero-order chi connectivity index (χ0) is 14.4. The average molecular weight is 314 g/mol. The van der Waals surface area contributed by atoms with Crippen LogP contribution in [0.15, 0.2) is 24.3 Å². The molecular formula is C14H16ClNO3S. The number of benzene rings is 1. The van der Waals surface area contributed by atoms with E-state index in [-0.39, 0.29) is 23.5 Å². The molecule has 0 radical (unpaired) electrons. The second kappa shape index (κ2) is 4.74. The molecule has 1 saturated carbocycles. The van der Waals surface area contributed by atoms with Crippen LogP contribution in [0.5, 0.6) is 0 Å². The quantitative estimate of drug-likeness (QED) is 0.923. The Balaban J connectivity index is 1.74. The molecule has 1 saturated heterocycles. The van der Waals surface area contributed by atoms with E-state index in [0.717, 1.165) is 18.4 Å². The van der Waals surface area contributed by atoms with Crippen LogP contribution in [0, 0.1) is 0 Å². The fourth-order valence-corrected chi connectivity index (χ4v) is 4.65. The van der Waals surface area contributed by atoms with E-state index in [9.17, 15) is 13.2 Å². The third kappa shape index (κ3) is 2.56. The van der Waals surface area contributed by atoms with Crippen molar-refractivity contribution in [3.8, 4) is 0 Å². The van der Waals surface area contributed by atoms with Crippen molar-refractivity contribution >= 4 is 27.3 Å². The van der Waals surface area contributed by atoms with E-state index in [1.54, 1.807) is 6.07 Å². The van der Waals surface area contributed by atoms with Gasteiger partial charge in [-0.25, -0.2) is 8.42 Å². The molecule has 20 heavy (non-hydrogen) atoms. The molecule has 1 aliphatic heterocycles. The fourth-order valence-electron chi connectivity index (χ4n) is 2.79. The van der Waals surface area contributed by atoms with Crippen molar-refractivity contribution in [2.24, 2.45) is 0 Å². The number of carbonyl (C=O) groups is 1. The average Bonchev–Trinajstić information content (AvgIpc) is 3.11. The summed E-state index contributed by atoms with van der Waals surface area (Å²) in [6.45, 7) is 0. The Morgan fingerprint density at radius 3 is 2.65 bits per heavy atom. The fraction of sp³-hybridized carbons (Fsp3) is 0.500. The van der Waals surface area contributed by atoms with E-state index in [0.29, 0.717) is 11.4 Å². The first-order chi connectivity index (χ1) is 9.41. The summed E-state index contributed by atoms with van der Waals surface area (Å²) >= 11 is 5.98. The van der Waals surface area contributed by atoms with Gasteiger partial charge in [-0.3, -0.25) is 4.79 Å². The van der Waals surface area contributed by atoms with Crippen LogP contribution in [0.3, 0.4) is 0 Å². The lowest BCUT2D eigenvalue weighted by atomic mass is 9.94. The van der Waals surface area contributed by atoms with Crippen molar-refractivity contribution in [2.45, 2.75) is 30.7 Å². The largest absolute Gasteiger partial charge is 0.352 e. The number of sulfone groups is 1. The Bertz CT molecular complexity index is 652. The minimum Gasteiger partial charge on any atom is -0.352 e. The molecule has 1 amide bonds. The summed E-state index contributed by atoms with van der Waals surface area (Å²) in [5.74, 6) is 0.161. The number of hydrogen-bond acceptors (Lipinski definition) is 3. The van der Waals surface area contributed by atoms with Gasteiger partial charge in [0.05, 0.1) is 16.9 Å². The third-order valence-corrected chi connectivity index (χ3v) is 6.13. The molecule has 1 aromatic carbocycles. The smallest absolute Gasteiger partial charge is 0.230 e. The van der Waals surface area contributed by atoms with Crippen molar-refractivity contribution in [1.82, 2.24) is 5.32 Å². The van der Waals surface area contributed by atoms with Crippen LogP contribution >= 0.6 is 11.6 Å². The number of amides is 1. The summed E-state index contributed by atoms with van der Waals surface area (Å²) in [6.07, 6.45) is 2.09. The topological polar surface area (TPSA) is 63.2 Å². The number of nitrogens with one attached hydrogen (secondary N) is 1. The molecule has 4 nitrogen and oxygen atoms in total. The first kappa shape index (κ1) is 13.9. The van der Waals surface area contributed by atoms with Gasteiger partial charge in [0.1, 0.15) is 0 Å². The van der Waals surface area contributed by atoms with Crippen molar-refractivity contribution in [2.75, 3.05) is 11.5 Å². The van der Waals surface area contributed by atoms with Gasteiger partial charge >= 0.3 is 0 Å². The first-order valence-corrected chi connectivity index (χ1v) is 8.89. The highest BCUT2D eigenvalue weighted by atomic mass is 35.5. The monoisotopic (exact) mass is 313 g/mol. The maximum atomic E-state index is 12.5. The van der Waals surface area contributed by atoms with Crippen LogP contribution in [0.25, 0.3) is 0 Å². The molecule has 1 atom stereocenters. The summed E-state index contributed by atoms with van der Waals surface area (Å²) in [7, 11) is -2.97. The molecule has 1 aliphatic carbocycles. The van der Waals surface area contributed by atoms with E-state index in [1.165, 1.54) is 0 Å². The summed E-state index contributed by atoms with van der Waals surface area (Å²) in [4.78, 5) is 12.5. The molecule has 0 bridgehead atoms. The van der Waals surface area contributed by atoms with E-state index >= 15 is 0 Å². The van der Waals surface area contributed by atoms with Crippen molar-refractivity contribution in [3.05, 3.63) is 34.9 Å². The number of hydrogen-bond donors (Lipinski definition) is 1. The molecule has 0 spiro atoms. The van der Waals surface area contributed by atoms with Gasteiger partial charge in [0.2, 0.25) is 5.91 Å². The maximum Gasteiger partial charge on any atom is 0.230 e. The summed E-state index contributed by atoms with van der Waals surface area (Å²) < 4.78 is 22.9. The van der Waals surface area contributed by atoms with E-state index in [1.807, 2.05) is 18.2 Å². The normalized spacial score (nSPS) is 26.1. The molecule has 0 aromatic heterocycles. The lowest BCUT2D eigenvalue weighted by molar-refractivity contribution is -0.124. The Kier molecular flexibility index (Phi) is 3.29. The van der Waals surface area contributed by atoms with E-state index < -0.39 is 15.3 Å². The van der Waals surface area contributed by atoms with Gasteiger partial charge in [0, 0.05) is 11.1 Å². The zero-order valence-electron chi connectivity index (χ0n) is 10.9. The molecule has 1 heterocycles. The summed E-state index contributed by atoms with van der Waals surface area (Å²) in [5.41, 5.74) is 0.417. The minimum absolute atomic E-state index is 0.0599. The van der Waals surface area contributed by atoms with Gasteiger partial charge in [-0.1, -0.05) is 23.7 Å². The van der Waals surface area contributed by atoms with Gasteiger partial charge in [0.25, 0.3) is 0 Å². The molecule has 1 aromatic rings. The highest BCUT2D eigenvalue weighted by Gasteiger charge is 2.52. The molecule has 2 fully saturated rings. The Morgan fingerprint density at radius 2 is 2.10 bits per heavy atom. The number of carbonyl (C=O) groups excluding carboxylic acids is 1. The van der Waals surface area contributed by atoms with Gasteiger partial charge in [-0.2, -0.15) is 0 Å². The van der Waals surface area contributed by atoms with Crippen LogP contribution in [0.1, 0.15) is 24.8 Å². The SMILES string of the molecule is O=C(N[C@@H]1CCS(=O)(=O)C1)C1(c2cccc(Cl)c2)CC1. The second-order valence-corrected chi connectivity index (χ2v) is 8.33. The van der Waals surface area contributed by atoms with Crippen LogP contribution in [0.2, 0.25) is 5.02 Å². The summed E-state index contributed by atoms with van der Waals surface area (Å²) in [5, 5.41) is 3.51. The van der Waals surface area contributed by atoms with Crippen LogP contribution < -0.4 is 5.32 Å². The van der Waals surface area contributed by atoms with Gasteiger partial charge < -0.3 is 5.32 Å².